The summed E-state index contributed by atoms with van der Waals surface area (Å²) in [6.45, 7) is 8.63. The van der Waals surface area contributed by atoms with Gasteiger partial charge in [0.15, 0.2) is 11.5 Å². The summed E-state index contributed by atoms with van der Waals surface area (Å²) in [5.41, 5.74) is 0.350. The van der Waals surface area contributed by atoms with E-state index >= 15 is 0 Å². The fourth-order valence-corrected chi connectivity index (χ4v) is 5.21. The maximum absolute atomic E-state index is 12.9. The average Bonchev–Trinajstić information content (AvgIpc) is 3.20. The number of methoxy groups -OCH3 is 2. The molecule has 1 amide bonds. The number of fused-ring (bicyclic) bond motifs is 5. The molecule has 3 aliphatic rings. The first-order chi connectivity index (χ1) is 19.1. The van der Waals surface area contributed by atoms with E-state index in [1.807, 2.05) is 0 Å². The SMILES string of the molecule is COc1cc2cc(c1OC)OCCCC(OC(=O)N1CCOCC1)CCN1CCCN(CCCOC2=O)CC1. The van der Waals surface area contributed by atoms with Crippen LogP contribution < -0.4 is 14.2 Å². The summed E-state index contributed by atoms with van der Waals surface area (Å²) in [6.07, 6.45) is 3.45. The van der Waals surface area contributed by atoms with Crippen LogP contribution in [0.3, 0.4) is 0 Å². The molecule has 1 aromatic rings. The molecule has 39 heavy (non-hydrogen) atoms. The summed E-state index contributed by atoms with van der Waals surface area (Å²) in [7, 11) is 3.06. The Morgan fingerprint density at radius 1 is 0.795 bits per heavy atom. The minimum Gasteiger partial charge on any atom is -0.493 e. The van der Waals surface area contributed by atoms with Gasteiger partial charge in [-0.2, -0.15) is 0 Å². The summed E-state index contributed by atoms with van der Waals surface area (Å²) in [5.74, 6) is 0.813. The van der Waals surface area contributed by atoms with Gasteiger partial charge in [0.1, 0.15) is 6.10 Å². The van der Waals surface area contributed by atoms with Crippen LogP contribution in [0.4, 0.5) is 4.79 Å². The lowest BCUT2D eigenvalue weighted by molar-refractivity contribution is 0.00667. The molecule has 11 nitrogen and oxygen atoms in total. The van der Waals surface area contributed by atoms with Crippen molar-refractivity contribution >= 4 is 12.1 Å². The van der Waals surface area contributed by atoms with Crippen molar-refractivity contribution in [2.24, 2.45) is 0 Å². The van der Waals surface area contributed by atoms with E-state index in [0.717, 1.165) is 58.5 Å². The van der Waals surface area contributed by atoms with Gasteiger partial charge in [-0.05, 0) is 57.3 Å². The zero-order chi connectivity index (χ0) is 27.5. The zero-order valence-corrected chi connectivity index (χ0v) is 23.4. The van der Waals surface area contributed by atoms with E-state index in [9.17, 15) is 9.59 Å². The Morgan fingerprint density at radius 3 is 2.26 bits per heavy atom. The van der Waals surface area contributed by atoms with Gasteiger partial charge in [0.25, 0.3) is 0 Å². The minimum absolute atomic E-state index is 0.219. The van der Waals surface area contributed by atoms with E-state index in [0.29, 0.717) is 75.2 Å². The number of nitrogens with zero attached hydrogens (tertiary/aromatic N) is 3. The van der Waals surface area contributed by atoms with E-state index < -0.39 is 5.97 Å². The predicted molar refractivity (Wildman–Crippen MR) is 144 cm³/mol. The molecule has 11 heteroatoms. The van der Waals surface area contributed by atoms with Gasteiger partial charge in [-0.15, -0.1) is 0 Å². The predicted octanol–water partition coefficient (Wildman–Crippen LogP) is 2.66. The monoisotopic (exact) mass is 549 g/mol. The van der Waals surface area contributed by atoms with Gasteiger partial charge in [0, 0.05) is 39.3 Å². The first-order valence-electron chi connectivity index (χ1n) is 14.1. The second kappa shape index (κ2) is 15.1. The second-order valence-electron chi connectivity index (χ2n) is 10.1. The Balaban J connectivity index is 1.48. The van der Waals surface area contributed by atoms with E-state index in [2.05, 4.69) is 9.80 Å². The molecular formula is C28H43N3O8. The Bertz CT molecular complexity index is 940. The van der Waals surface area contributed by atoms with Crippen molar-refractivity contribution in [1.29, 1.82) is 0 Å². The van der Waals surface area contributed by atoms with Gasteiger partial charge < -0.3 is 43.1 Å². The number of ether oxygens (including phenoxy) is 6. The van der Waals surface area contributed by atoms with Crippen molar-refractivity contribution in [2.45, 2.75) is 38.2 Å². The van der Waals surface area contributed by atoms with E-state index in [1.165, 1.54) is 14.2 Å². The van der Waals surface area contributed by atoms with Crippen molar-refractivity contribution < 1.29 is 38.0 Å². The largest absolute Gasteiger partial charge is 0.493 e. The summed E-state index contributed by atoms with van der Waals surface area (Å²) in [6, 6.07) is 3.25. The number of esters is 1. The normalized spacial score (nSPS) is 25.6. The number of morpholine rings is 1. The van der Waals surface area contributed by atoms with Crippen LogP contribution in [0.15, 0.2) is 12.1 Å². The third-order valence-electron chi connectivity index (χ3n) is 7.45. The first-order valence-corrected chi connectivity index (χ1v) is 14.1. The van der Waals surface area contributed by atoms with E-state index in [1.54, 1.807) is 17.0 Å². The number of carbonyl (C=O) groups is 2. The fraction of sp³-hybridized carbons (Fsp3) is 0.714. The lowest BCUT2D eigenvalue weighted by Gasteiger charge is -2.29. The average molecular weight is 550 g/mol. The van der Waals surface area contributed by atoms with Crippen LogP contribution in [0.2, 0.25) is 0 Å². The van der Waals surface area contributed by atoms with Crippen LogP contribution in [0.25, 0.3) is 0 Å². The van der Waals surface area contributed by atoms with Gasteiger partial charge >= 0.3 is 12.1 Å². The number of rotatable bonds is 3. The third-order valence-corrected chi connectivity index (χ3v) is 7.45. The second-order valence-corrected chi connectivity index (χ2v) is 10.1. The molecule has 0 radical (unpaired) electrons. The molecule has 4 bridgehead atoms. The molecule has 3 aliphatic heterocycles. The van der Waals surface area contributed by atoms with E-state index in [4.69, 9.17) is 28.4 Å². The van der Waals surface area contributed by atoms with Crippen LogP contribution in [-0.2, 0) is 14.2 Å². The smallest absolute Gasteiger partial charge is 0.410 e. The van der Waals surface area contributed by atoms with Crippen LogP contribution in [-0.4, -0.2) is 126 Å². The number of cyclic esters (lactones) is 1. The zero-order valence-electron chi connectivity index (χ0n) is 23.4. The summed E-state index contributed by atoms with van der Waals surface area (Å²) < 4.78 is 34.0. The number of amides is 1. The Labute approximate surface area is 231 Å². The summed E-state index contributed by atoms with van der Waals surface area (Å²) in [5, 5.41) is 0. The van der Waals surface area contributed by atoms with Gasteiger partial charge in [0.05, 0.1) is 46.2 Å². The molecule has 0 N–H and O–H groups in total. The van der Waals surface area contributed by atoms with Gasteiger partial charge in [-0.1, -0.05) is 0 Å². The molecule has 218 valence electrons. The molecule has 4 rings (SSSR count). The van der Waals surface area contributed by atoms with Crippen molar-refractivity contribution in [1.82, 2.24) is 14.7 Å². The van der Waals surface area contributed by atoms with Crippen molar-refractivity contribution in [3.63, 3.8) is 0 Å². The minimum atomic E-state index is -0.421. The highest BCUT2D eigenvalue weighted by Gasteiger charge is 2.24. The van der Waals surface area contributed by atoms with E-state index in [-0.39, 0.29) is 12.2 Å². The molecule has 2 fully saturated rings. The lowest BCUT2D eigenvalue weighted by atomic mass is 10.1. The van der Waals surface area contributed by atoms with Crippen molar-refractivity contribution in [3.8, 4) is 17.2 Å². The number of carbonyl (C=O) groups excluding carboxylic acids is 2. The van der Waals surface area contributed by atoms with Crippen LogP contribution in [0.1, 0.15) is 42.5 Å². The molecule has 0 aromatic heterocycles. The van der Waals surface area contributed by atoms with Crippen LogP contribution >= 0.6 is 0 Å². The van der Waals surface area contributed by atoms with Gasteiger partial charge in [-0.25, -0.2) is 9.59 Å². The molecule has 0 saturated carbocycles. The maximum Gasteiger partial charge on any atom is 0.410 e. The Kier molecular flexibility index (Phi) is 11.3. The Morgan fingerprint density at radius 2 is 1.51 bits per heavy atom. The molecular weight excluding hydrogens is 506 g/mol. The quantitative estimate of drug-likeness (QED) is 0.523. The van der Waals surface area contributed by atoms with Gasteiger partial charge in [-0.3, -0.25) is 0 Å². The highest BCUT2D eigenvalue weighted by Crippen LogP contribution is 2.38. The highest BCUT2D eigenvalue weighted by molar-refractivity contribution is 5.91. The topological polar surface area (TPSA) is 99.2 Å². The number of hydrogen-bond acceptors (Lipinski definition) is 10. The van der Waals surface area contributed by atoms with Crippen LogP contribution in [0.5, 0.6) is 17.2 Å². The summed E-state index contributed by atoms with van der Waals surface area (Å²) in [4.78, 5) is 32.3. The molecule has 3 atom stereocenters. The standard InChI is InChI=1S/C28H43N3O8/c1-34-24-20-22-21-25(26(24)35-2)37-16-3-6-23(39-28(33)31-14-18-36-19-15-31)7-11-30-9-4-8-29(12-13-30)10-5-17-38-27(22)32/h20-21,23H,3-19H2,1-2H3. The fourth-order valence-electron chi connectivity index (χ4n) is 5.21. The molecule has 0 aliphatic carbocycles. The molecule has 2 saturated heterocycles. The first kappa shape index (κ1) is 29.2. The Hall–Kier alpha value is -2.76. The lowest BCUT2D eigenvalue weighted by Crippen LogP contribution is -2.42. The number of benzene rings is 1. The molecule has 1 aromatic carbocycles. The molecule has 3 heterocycles. The number of hydrogen-bond donors (Lipinski definition) is 0. The van der Waals surface area contributed by atoms with Crippen molar-refractivity contribution in [3.05, 3.63) is 17.7 Å². The van der Waals surface area contributed by atoms with Gasteiger partial charge in [0.2, 0.25) is 5.75 Å². The summed E-state index contributed by atoms with van der Waals surface area (Å²) >= 11 is 0. The van der Waals surface area contributed by atoms with Crippen LogP contribution in [0, 0.1) is 0 Å². The maximum atomic E-state index is 12.9. The third kappa shape index (κ3) is 8.61. The molecule has 0 spiro atoms. The molecule has 3 unspecified atom stereocenters. The highest BCUT2D eigenvalue weighted by atomic mass is 16.6. The van der Waals surface area contributed by atoms with Crippen molar-refractivity contribution in [2.75, 3.05) is 93.0 Å².